The van der Waals surface area contributed by atoms with E-state index in [1.165, 1.54) is 18.2 Å². The van der Waals surface area contributed by atoms with Gasteiger partial charge in [0.15, 0.2) is 5.75 Å². The number of benzene rings is 1. The van der Waals surface area contributed by atoms with Gasteiger partial charge in [-0.15, -0.1) is 0 Å². The predicted molar refractivity (Wildman–Crippen MR) is 68.5 cm³/mol. The predicted octanol–water partition coefficient (Wildman–Crippen LogP) is 0.527. The number of nitrogens with zero attached hydrogens (tertiary/aromatic N) is 1. The van der Waals surface area contributed by atoms with E-state index in [1.807, 2.05) is 0 Å². The van der Waals surface area contributed by atoms with Crippen molar-refractivity contribution < 1.29 is 19.8 Å². The minimum absolute atomic E-state index is 0.100. The van der Waals surface area contributed by atoms with E-state index in [-0.39, 0.29) is 17.3 Å². The minimum Gasteiger partial charge on any atom is -0.505 e. The molecular formula is C12H15N3O4. The molecule has 0 aliphatic carbocycles. The number of hydrogen-bond donors (Lipinski definition) is 4. The van der Waals surface area contributed by atoms with Gasteiger partial charge in [0.25, 0.3) is 0 Å². The number of nitrogens with one attached hydrogen (secondary N) is 2. The number of aromatic carboxylic acids is 1. The molecule has 19 heavy (non-hydrogen) atoms. The number of amides is 2. The Morgan fingerprint density at radius 1 is 1.26 bits per heavy atom. The SMILES string of the molecule is O=C(O)c1cccc(NC(=O)N2CCNCC2)c1O. The minimum atomic E-state index is -1.24. The lowest BCUT2D eigenvalue weighted by atomic mass is 10.1. The van der Waals surface area contributed by atoms with E-state index in [4.69, 9.17) is 5.11 Å². The van der Waals surface area contributed by atoms with E-state index in [0.717, 1.165) is 0 Å². The van der Waals surface area contributed by atoms with Crippen molar-refractivity contribution in [1.29, 1.82) is 0 Å². The van der Waals surface area contributed by atoms with Crippen molar-refractivity contribution in [2.75, 3.05) is 31.5 Å². The molecule has 2 amide bonds. The maximum Gasteiger partial charge on any atom is 0.339 e. The van der Waals surface area contributed by atoms with Crippen LogP contribution in [0, 0.1) is 0 Å². The van der Waals surface area contributed by atoms with E-state index in [1.54, 1.807) is 4.90 Å². The Morgan fingerprint density at radius 3 is 2.58 bits per heavy atom. The average Bonchev–Trinajstić information content (AvgIpc) is 2.41. The number of phenols is 1. The molecule has 7 nitrogen and oxygen atoms in total. The third kappa shape index (κ3) is 2.94. The fraction of sp³-hybridized carbons (Fsp3) is 0.333. The van der Waals surface area contributed by atoms with Crippen LogP contribution >= 0.6 is 0 Å². The maximum absolute atomic E-state index is 11.9. The van der Waals surface area contributed by atoms with Crippen molar-refractivity contribution >= 4 is 17.7 Å². The van der Waals surface area contributed by atoms with Gasteiger partial charge in [-0.3, -0.25) is 0 Å². The van der Waals surface area contributed by atoms with Crippen molar-refractivity contribution in [2.24, 2.45) is 0 Å². The third-order valence-corrected chi connectivity index (χ3v) is 2.91. The monoisotopic (exact) mass is 265 g/mol. The molecule has 1 aliphatic heterocycles. The Morgan fingerprint density at radius 2 is 1.95 bits per heavy atom. The molecule has 0 saturated carbocycles. The van der Waals surface area contributed by atoms with Gasteiger partial charge in [-0.2, -0.15) is 0 Å². The number of hydrogen-bond acceptors (Lipinski definition) is 4. The molecule has 2 rings (SSSR count). The van der Waals surface area contributed by atoms with Crippen LogP contribution in [0.25, 0.3) is 0 Å². The van der Waals surface area contributed by atoms with E-state index in [0.29, 0.717) is 26.2 Å². The lowest BCUT2D eigenvalue weighted by Crippen LogP contribution is -2.48. The number of piperazine rings is 1. The summed E-state index contributed by atoms with van der Waals surface area (Å²) >= 11 is 0. The van der Waals surface area contributed by atoms with Gasteiger partial charge in [0.2, 0.25) is 0 Å². The summed E-state index contributed by atoms with van der Waals surface area (Å²) in [7, 11) is 0. The molecule has 1 saturated heterocycles. The standard InChI is InChI=1S/C12H15N3O4/c16-10-8(11(17)18)2-1-3-9(10)14-12(19)15-6-4-13-5-7-15/h1-3,13,16H,4-7H2,(H,14,19)(H,17,18). The van der Waals surface area contributed by atoms with Crippen LogP contribution < -0.4 is 10.6 Å². The molecule has 1 fully saturated rings. The molecular weight excluding hydrogens is 250 g/mol. The Labute approximate surface area is 109 Å². The highest BCUT2D eigenvalue weighted by molar-refractivity contribution is 5.97. The summed E-state index contributed by atoms with van der Waals surface area (Å²) in [6.45, 7) is 2.58. The van der Waals surface area contributed by atoms with Gasteiger partial charge in [0.05, 0.1) is 5.69 Å². The maximum atomic E-state index is 11.9. The molecule has 0 bridgehead atoms. The zero-order valence-electron chi connectivity index (χ0n) is 10.2. The van der Waals surface area contributed by atoms with Gasteiger partial charge in [-0.1, -0.05) is 6.07 Å². The second-order valence-electron chi connectivity index (χ2n) is 4.17. The van der Waals surface area contributed by atoms with E-state index in [9.17, 15) is 14.7 Å². The first kappa shape index (κ1) is 13.2. The van der Waals surface area contributed by atoms with Gasteiger partial charge < -0.3 is 25.7 Å². The summed E-state index contributed by atoms with van der Waals surface area (Å²) < 4.78 is 0. The summed E-state index contributed by atoms with van der Waals surface area (Å²) in [5, 5.41) is 24.3. The Hall–Kier alpha value is -2.28. The van der Waals surface area contributed by atoms with Crippen molar-refractivity contribution in [3.63, 3.8) is 0 Å². The summed E-state index contributed by atoms with van der Waals surface area (Å²) in [5.74, 6) is -1.67. The Bertz CT molecular complexity index is 498. The number of para-hydroxylation sites is 1. The number of urea groups is 1. The van der Waals surface area contributed by atoms with Crippen molar-refractivity contribution in [1.82, 2.24) is 10.2 Å². The zero-order chi connectivity index (χ0) is 13.8. The number of anilines is 1. The highest BCUT2D eigenvalue weighted by Crippen LogP contribution is 2.27. The van der Waals surface area contributed by atoms with Crippen LogP contribution in [0.4, 0.5) is 10.5 Å². The number of aromatic hydroxyl groups is 1. The van der Waals surface area contributed by atoms with Crippen LogP contribution in [0.3, 0.4) is 0 Å². The molecule has 0 radical (unpaired) electrons. The largest absolute Gasteiger partial charge is 0.505 e. The molecule has 1 aliphatic rings. The smallest absolute Gasteiger partial charge is 0.339 e. The number of carboxylic acids is 1. The van der Waals surface area contributed by atoms with Crippen LogP contribution in [-0.2, 0) is 0 Å². The van der Waals surface area contributed by atoms with Gasteiger partial charge in [0.1, 0.15) is 5.56 Å². The molecule has 7 heteroatoms. The first-order valence-corrected chi connectivity index (χ1v) is 5.91. The number of carbonyl (C=O) groups is 2. The summed E-state index contributed by atoms with van der Waals surface area (Å²) in [6, 6.07) is 3.86. The number of carbonyl (C=O) groups excluding carboxylic acids is 1. The van der Waals surface area contributed by atoms with E-state index in [2.05, 4.69) is 10.6 Å². The number of rotatable bonds is 2. The molecule has 0 spiro atoms. The van der Waals surface area contributed by atoms with Crippen LogP contribution in [0.2, 0.25) is 0 Å². The number of carboxylic acid groups (broad SMARTS) is 1. The van der Waals surface area contributed by atoms with Crippen LogP contribution in [-0.4, -0.2) is 53.3 Å². The lowest BCUT2D eigenvalue weighted by molar-refractivity contribution is 0.0693. The molecule has 102 valence electrons. The highest BCUT2D eigenvalue weighted by atomic mass is 16.4. The Balaban J connectivity index is 2.12. The summed E-state index contributed by atoms with van der Waals surface area (Å²) in [6.07, 6.45) is 0. The molecule has 0 atom stereocenters. The van der Waals surface area contributed by atoms with E-state index < -0.39 is 11.7 Å². The molecule has 1 aromatic rings. The van der Waals surface area contributed by atoms with Gasteiger partial charge in [-0.05, 0) is 12.1 Å². The van der Waals surface area contributed by atoms with Crippen molar-refractivity contribution in [3.05, 3.63) is 23.8 Å². The average molecular weight is 265 g/mol. The molecule has 4 N–H and O–H groups in total. The second kappa shape index (κ2) is 5.57. The lowest BCUT2D eigenvalue weighted by Gasteiger charge is -2.27. The summed E-state index contributed by atoms with van der Waals surface area (Å²) in [4.78, 5) is 24.4. The third-order valence-electron chi connectivity index (χ3n) is 2.91. The topological polar surface area (TPSA) is 102 Å². The van der Waals surface area contributed by atoms with E-state index >= 15 is 0 Å². The van der Waals surface area contributed by atoms with Crippen LogP contribution in [0.5, 0.6) is 5.75 Å². The van der Waals surface area contributed by atoms with Gasteiger partial charge in [-0.25, -0.2) is 9.59 Å². The van der Waals surface area contributed by atoms with Gasteiger partial charge in [0, 0.05) is 26.2 Å². The Kier molecular flexibility index (Phi) is 3.86. The molecule has 1 aromatic carbocycles. The zero-order valence-corrected chi connectivity index (χ0v) is 10.2. The molecule has 0 aromatic heterocycles. The summed E-state index contributed by atoms with van der Waals surface area (Å²) in [5.41, 5.74) is -0.137. The van der Waals surface area contributed by atoms with Crippen molar-refractivity contribution in [3.8, 4) is 5.75 Å². The fourth-order valence-electron chi connectivity index (χ4n) is 1.88. The van der Waals surface area contributed by atoms with Crippen LogP contribution in [0.15, 0.2) is 18.2 Å². The second-order valence-corrected chi connectivity index (χ2v) is 4.17. The van der Waals surface area contributed by atoms with Crippen LogP contribution in [0.1, 0.15) is 10.4 Å². The molecule has 1 heterocycles. The fourth-order valence-corrected chi connectivity index (χ4v) is 1.88. The first-order chi connectivity index (χ1) is 9.09. The molecule has 0 unspecified atom stereocenters. The normalized spacial score (nSPS) is 15.1. The first-order valence-electron chi connectivity index (χ1n) is 5.91. The van der Waals surface area contributed by atoms with Gasteiger partial charge >= 0.3 is 12.0 Å². The van der Waals surface area contributed by atoms with Crippen molar-refractivity contribution in [2.45, 2.75) is 0 Å². The highest BCUT2D eigenvalue weighted by Gasteiger charge is 2.19. The quantitative estimate of drug-likeness (QED) is 0.584.